The van der Waals surface area contributed by atoms with Crippen molar-refractivity contribution in [1.29, 1.82) is 0 Å². The van der Waals surface area contributed by atoms with Crippen LogP contribution in [0, 0.1) is 6.92 Å². The molecular formula is C30H31F6N. The van der Waals surface area contributed by atoms with Gasteiger partial charge in [0.25, 0.3) is 0 Å². The number of hydrogen-bond donors (Lipinski definition) is 0. The maximum absolute atomic E-state index is 14.3. The van der Waals surface area contributed by atoms with Crippen LogP contribution in [0.1, 0.15) is 55.9 Å². The van der Waals surface area contributed by atoms with Gasteiger partial charge in [-0.1, -0.05) is 62.7 Å². The van der Waals surface area contributed by atoms with Gasteiger partial charge in [0.2, 0.25) is 0 Å². The second-order valence-electron chi connectivity index (χ2n) is 9.49. The number of halogens is 6. The molecule has 1 nitrogen and oxygen atoms in total. The second kappa shape index (κ2) is 10.6. The van der Waals surface area contributed by atoms with E-state index in [0.717, 1.165) is 17.7 Å². The van der Waals surface area contributed by atoms with E-state index >= 15 is 0 Å². The molecule has 0 radical (unpaired) electrons. The smallest absolute Gasteiger partial charge is 0.337 e. The SMILES string of the molecule is C=CCN(c1ccc(C)cc1)c1ccc(-c2ccc(C(C)(CC)CC)c(C(F)(F)F)c2)cc1C(F)(F)F. The molecule has 0 aromatic heterocycles. The van der Waals surface area contributed by atoms with Gasteiger partial charge in [0.1, 0.15) is 0 Å². The minimum atomic E-state index is -4.73. The van der Waals surface area contributed by atoms with Crippen molar-refractivity contribution in [1.82, 2.24) is 0 Å². The summed E-state index contributed by atoms with van der Waals surface area (Å²) >= 11 is 0. The van der Waals surface area contributed by atoms with E-state index in [1.54, 1.807) is 31.2 Å². The fraction of sp³-hybridized carbons (Fsp3) is 0.333. The molecule has 0 N–H and O–H groups in total. The Morgan fingerprint density at radius 2 is 1.24 bits per heavy atom. The third-order valence-electron chi connectivity index (χ3n) is 7.12. The highest BCUT2D eigenvalue weighted by atomic mass is 19.4. The molecule has 37 heavy (non-hydrogen) atoms. The van der Waals surface area contributed by atoms with Gasteiger partial charge in [-0.2, -0.15) is 26.3 Å². The Kier molecular flexibility index (Phi) is 8.15. The Balaban J connectivity index is 2.21. The first-order valence-corrected chi connectivity index (χ1v) is 12.1. The van der Waals surface area contributed by atoms with E-state index in [4.69, 9.17) is 0 Å². The molecule has 0 saturated carbocycles. The molecule has 0 fully saturated rings. The summed E-state index contributed by atoms with van der Waals surface area (Å²) in [7, 11) is 0. The molecule has 0 unspecified atom stereocenters. The van der Waals surface area contributed by atoms with E-state index < -0.39 is 28.9 Å². The van der Waals surface area contributed by atoms with E-state index in [1.165, 1.54) is 35.2 Å². The fourth-order valence-electron chi connectivity index (χ4n) is 4.49. The third-order valence-corrected chi connectivity index (χ3v) is 7.12. The summed E-state index contributed by atoms with van der Waals surface area (Å²) in [5.41, 5.74) is -0.762. The van der Waals surface area contributed by atoms with Gasteiger partial charge in [-0.15, -0.1) is 6.58 Å². The van der Waals surface area contributed by atoms with Crippen LogP contribution in [0.5, 0.6) is 0 Å². The predicted octanol–water partition coefficient (Wildman–Crippen LogP) is 10.1. The normalized spacial score (nSPS) is 12.5. The van der Waals surface area contributed by atoms with Crippen LogP contribution in [-0.4, -0.2) is 6.54 Å². The van der Waals surface area contributed by atoms with Gasteiger partial charge >= 0.3 is 12.4 Å². The van der Waals surface area contributed by atoms with Crippen molar-refractivity contribution in [2.24, 2.45) is 0 Å². The molecule has 0 heterocycles. The lowest BCUT2D eigenvalue weighted by Gasteiger charge is -2.31. The van der Waals surface area contributed by atoms with Crippen molar-refractivity contribution in [2.45, 2.75) is 58.3 Å². The molecule has 0 amide bonds. The topological polar surface area (TPSA) is 3.24 Å². The van der Waals surface area contributed by atoms with Gasteiger partial charge < -0.3 is 4.90 Å². The highest BCUT2D eigenvalue weighted by Gasteiger charge is 2.39. The molecular weight excluding hydrogens is 488 g/mol. The molecule has 3 aromatic carbocycles. The zero-order valence-corrected chi connectivity index (χ0v) is 21.4. The Labute approximate surface area is 214 Å². The molecule has 0 saturated heterocycles. The van der Waals surface area contributed by atoms with Crippen LogP contribution < -0.4 is 4.90 Å². The van der Waals surface area contributed by atoms with Crippen LogP contribution in [0.2, 0.25) is 0 Å². The van der Waals surface area contributed by atoms with Crippen LogP contribution in [-0.2, 0) is 17.8 Å². The second-order valence-corrected chi connectivity index (χ2v) is 9.49. The summed E-state index contributed by atoms with van der Waals surface area (Å²) in [6.07, 6.45) is -6.88. The molecule has 0 aliphatic heterocycles. The maximum atomic E-state index is 14.3. The lowest BCUT2D eigenvalue weighted by Crippen LogP contribution is -2.24. The highest BCUT2D eigenvalue weighted by Crippen LogP contribution is 2.45. The Morgan fingerprint density at radius 3 is 1.73 bits per heavy atom. The number of benzene rings is 3. The Bertz CT molecular complexity index is 1230. The van der Waals surface area contributed by atoms with Crippen LogP contribution in [0.4, 0.5) is 37.7 Å². The standard InChI is InChI=1S/C30H31F6N/c1-6-17-37(23-13-9-20(4)10-14-23)27-16-12-22(19-26(27)30(34,35)36)21-11-15-24(28(5,7-2)8-3)25(18-21)29(31,32)33/h6,9-16,18-19H,1,7-8,17H2,2-5H3. The van der Waals surface area contributed by atoms with Gasteiger partial charge in [-0.05, 0) is 72.2 Å². The van der Waals surface area contributed by atoms with Crippen LogP contribution in [0.15, 0.2) is 73.3 Å². The predicted molar refractivity (Wildman–Crippen MR) is 138 cm³/mol. The van der Waals surface area contributed by atoms with Crippen molar-refractivity contribution in [3.05, 3.63) is 95.6 Å². The minimum Gasteiger partial charge on any atom is -0.337 e. The number of hydrogen-bond acceptors (Lipinski definition) is 1. The largest absolute Gasteiger partial charge is 0.418 e. The average molecular weight is 520 g/mol. The van der Waals surface area contributed by atoms with Crippen molar-refractivity contribution in [3.8, 4) is 11.1 Å². The summed E-state index contributed by atoms with van der Waals surface area (Å²) in [4.78, 5) is 1.48. The monoisotopic (exact) mass is 519 g/mol. The molecule has 0 aliphatic carbocycles. The average Bonchev–Trinajstić information content (AvgIpc) is 2.86. The van der Waals surface area contributed by atoms with Crippen molar-refractivity contribution in [2.75, 3.05) is 11.4 Å². The van der Waals surface area contributed by atoms with Gasteiger partial charge in [0, 0.05) is 12.2 Å². The van der Waals surface area contributed by atoms with E-state index in [9.17, 15) is 26.3 Å². The summed E-state index contributed by atoms with van der Waals surface area (Å²) in [6, 6.07) is 14.6. The van der Waals surface area contributed by atoms with Gasteiger partial charge in [-0.25, -0.2) is 0 Å². The zero-order chi connectivity index (χ0) is 27.6. The van der Waals surface area contributed by atoms with E-state index in [1.807, 2.05) is 20.8 Å². The molecule has 0 atom stereocenters. The van der Waals surface area contributed by atoms with Gasteiger partial charge in [0.05, 0.1) is 16.8 Å². The summed E-state index contributed by atoms with van der Waals surface area (Å²) in [5.74, 6) is 0. The molecule has 3 rings (SSSR count). The Morgan fingerprint density at radius 1 is 0.730 bits per heavy atom. The quantitative estimate of drug-likeness (QED) is 0.211. The lowest BCUT2D eigenvalue weighted by atomic mass is 9.75. The fourth-order valence-corrected chi connectivity index (χ4v) is 4.49. The van der Waals surface area contributed by atoms with Crippen molar-refractivity contribution in [3.63, 3.8) is 0 Å². The lowest BCUT2D eigenvalue weighted by molar-refractivity contribution is -0.139. The van der Waals surface area contributed by atoms with Crippen LogP contribution in [0.25, 0.3) is 11.1 Å². The van der Waals surface area contributed by atoms with Gasteiger partial charge in [0.15, 0.2) is 0 Å². The van der Waals surface area contributed by atoms with E-state index in [0.29, 0.717) is 18.5 Å². The van der Waals surface area contributed by atoms with Crippen LogP contribution in [0.3, 0.4) is 0 Å². The summed E-state index contributed by atoms with van der Waals surface area (Å²) in [5, 5.41) is 0. The maximum Gasteiger partial charge on any atom is 0.418 e. The van der Waals surface area contributed by atoms with Crippen molar-refractivity contribution < 1.29 is 26.3 Å². The first-order valence-electron chi connectivity index (χ1n) is 12.1. The molecule has 0 bridgehead atoms. The third kappa shape index (κ3) is 6.03. The first kappa shape index (κ1) is 28.4. The number of rotatable bonds is 8. The highest BCUT2D eigenvalue weighted by molar-refractivity contribution is 5.74. The zero-order valence-electron chi connectivity index (χ0n) is 21.4. The minimum absolute atomic E-state index is 0.0604. The Hall–Kier alpha value is -3.22. The molecule has 7 heteroatoms. The number of alkyl halides is 6. The molecule has 0 spiro atoms. The van der Waals surface area contributed by atoms with Gasteiger partial charge in [-0.3, -0.25) is 0 Å². The summed E-state index contributed by atoms with van der Waals surface area (Å²) in [6.45, 7) is 11.1. The number of anilines is 2. The first-order chi connectivity index (χ1) is 17.2. The van der Waals surface area contributed by atoms with E-state index in [-0.39, 0.29) is 28.9 Å². The number of aryl methyl sites for hydroxylation is 1. The summed E-state index contributed by atoms with van der Waals surface area (Å²) < 4.78 is 85.1. The van der Waals surface area contributed by atoms with Crippen molar-refractivity contribution >= 4 is 11.4 Å². The molecule has 198 valence electrons. The number of nitrogens with zero attached hydrogens (tertiary/aromatic N) is 1. The van der Waals surface area contributed by atoms with E-state index in [2.05, 4.69) is 6.58 Å². The molecule has 0 aliphatic rings. The molecule has 3 aromatic rings. The van der Waals surface area contributed by atoms with Crippen LogP contribution >= 0.6 is 0 Å².